The summed E-state index contributed by atoms with van der Waals surface area (Å²) in [6.45, 7) is 5.43. The highest BCUT2D eigenvalue weighted by atomic mass is 32.2. The summed E-state index contributed by atoms with van der Waals surface area (Å²) in [5, 5.41) is 3.22. The highest BCUT2D eigenvalue weighted by Crippen LogP contribution is 2.31. The maximum absolute atomic E-state index is 13.3. The molecule has 0 unspecified atom stereocenters. The van der Waals surface area contributed by atoms with Crippen molar-refractivity contribution < 1.29 is 17.9 Å². The normalized spacial score (nSPS) is 14.6. The second-order valence-corrected chi connectivity index (χ2v) is 9.82. The topological polar surface area (TPSA) is 110 Å². The van der Waals surface area contributed by atoms with E-state index in [1.54, 1.807) is 18.3 Å². The molecule has 3 aromatic rings. The molecule has 0 aliphatic carbocycles. The van der Waals surface area contributed by atoms with E-state index in [1.807, 2.05) is 32.0 Å². The molecule has 1 saturated heterocycles. The first-order valence-electron chi connectivity index (χ1n) is 10.8. The number of pyridine rings is 1. The Morgan fingerprint density at radius 1 is 0.912 bits per heavy atom. The van der Waals surface area contributed by atoms with Gasteiger partial charge in [0.25, 0.3) is 0 Å². The van der Waals surface area contributed by atoms with Gasteiger partial charge < -0.3 is 19.7 Å². The third kappa shape index (κ3) is 5.05. The number of sulfonamides is 1. The molecule has 0 amide bonds. The molecule has 2 aromatic heterocycles. The van der Waals surface area contributed by atoms with Crippen LogP contribution in [0.2, 0.25) is 0 Å². The summed E-state index contributed by atoms with van der Waals surface area (Å²) in [6, 6.07) is 10.5. The summed E-state index contributed by atoms with van der Waals surface area (Å²) < 4.78 is 38.7. The van der Waals surface area contributed by atoms with Crippen molar-refractivity contribution in [3.05, 3.63) is 54.0 Å². The lowest BCUT2D eigenvalue weighted by atomic mass is 10.3. The minimum Gasteiger partial charge on any atom is -0.497 e. The number of aromatic nitrogens is 3. The molecule has 11 heteroatoms. The van der Waals surface area contributed by atoms with E-state index in [9.17, 15) is 8.42 Å². The van der Waals surface area contributed by atoms with E-state index in [2.05, 4.69) is 25.2 Å². The minimum atomic E-state index is -3.76. The van der Waals surface area contributed by atoms with Crippen molar-refractivity contribution in [2.24, 2.45) is 0 Å². The highest BCUT2D eigenvalue weighted by Gasteiger charge is 2.32. The molecule has 3 heterocycles. The Balaban J connectivity index is 1.50. The SMILES string of the molecule is COc1ccc(OC)c(S(=O)(=O)N2CCN(c3cc(Nc4cc(C)ccn4)nc(C)n3)CC2)c1. The number of anilines is 3. The number of ether oxygens (including phenoxy) is 2. The van der Waals surface area contributed by atoms with Crippen molar-refractivity contribution in [3.63, 3.8) is 0 Å². The molecule has 34 heavy (non-hydrogen) atoms. The Bertz CT molecular complexity index is 1280. The molecule has 1 aliphatic heterocycles. The lowest BCUT2D eigenvalue weighted by molar-refractivity contribution is 0.370. The zero-order chi connectivity index (χ0) is 24.3. The number of benzene rings is 1. The molecule has 0 radical (unpaired) electrons. The number of hydrogen-bond acceptors (Lipinski definition) is 9. The Morgan fingerprint density at radius 2 is 1.68 bits per heavy atom. The third-order valence-corrected chi connectivity index (χ3v) is 7.47. The molecule has 0 spiro atoms. The van der Waals surface area contributed by atoms with E-state index >= 15 is 0 Å². The van der Waals surface area contributed by atoms with Crippen molar-refractivity contribution >= 4 is 27.5 Å². The van der Waals surface area contributed by atoms with E-state index in [1.165, 1.54) is 24.6 Å². The smallest absolute Gasteiger partial charge is 0.247 e. The lowest BCUT2D eigenvalue weighted by Gasteiger charge is -2.35. The van der Waals surface area contributed by atoms with Crippen LogP contribution < -0.4 is 19.7 Å². The van der Waals surface area contributed by atoms with Crippen LogP contribution in [0.1, 0.15) is 11.4 Å². The molecule has 180 valence electrons. The first-order valence-corrected chi connectivity index (χ1v) is 12.3. The van der Waals surface area contributed by atoms with Crippen LogP contribution in [0.15, 0.2) is 47.5 Å². The number of nitrogens with zero attached hydrogens (tertiary/aromatic N) is 5. The van der Waals surface area contributed by atoms with Gasteiger partial charge in [0.15, 0.2) is 0 Å². The van der Waals surface area contributed by atoms with Gasteiger partial charge in [-0.2, -0.15) is 4.31 Å². The van der Waals surface area contributed by atoms with Gasteiger partial charge in [0, 0.05) is 44.5 Å². The summed E-state index contributed by atoms with van der Waals surface area (Å²) >= 11 is 0. The number of aryl methyl sites for hydroxylation is 2. The van der Waals surface area contributed by atoms with Crippen LogP contribution in [0.25, 0.3) is 0 Å². The zero-order valence-corrected chi connectivity index (χ0v) is 20.5. The van der Waals surface area contributed by atoms with E-state index < -0.39 is 10.0 Å². The van der Waals surface area contributed by atoms with Crippen molar-refractivity contribution in [1.29, 1.82) is 0 Å². The fourth-order valence-electron chi connectivity index (χ4n) is 3.80. The molecule has 4 rings (SSSR count). The van der Waals surface area contributed by atoms with E-state index in [0.29, 0.717) is 49.4 Å². The zero-order valence-electron chi connectivity index (χ0n) is 19.6. The average Bonchev–Trinajstić information content (AvgIpc) is 2.83. The standard InChI is InChI=1S/C23H28N6O4S/c1-16-7-8-24-21(13-16)27-22-15-23(26-17(2)25-22)28-9-11-29(12-10-28)34(30,31)20-14-18(32-3)5-6-19(20)33-4/h5-8,13-15H,9-12H2,1-4H3,(H,24,25,26,27). The van der Waals surface area contributed by atoms with Crippen LogP contribution in [0.3, 0.4) is 0 Å². The van der Waals surface area contributed by atoms with Crippen LogP contribution in [-0.4, -0.2) is 68.1 Å². The van der Waals surface area contributed by atoms with Gasteiger partial charge in [-0.05, 0) is 43.7 Å². The summed E-state index contributed by atoms with van der Waals surface area (Å²) in [5.41, 5.74) is 1.09. The largest absolute Gasteiger partial charge is 0.497 e. The summed E-state index contributed by atoms with van der Waals surface area (Å²) in [5.74, 6) is 3.43. The lowest BCUT2D eigenvalue weighted by Crippen LogP contribution is -2.49. The van der Waals surface area contributed by atoms with Gasteiger partial charge in [0.05, 0.1) is 14.2 Å². The van der Waals surface area contributed by atoms with Crippen LogP contribution in [0.5, 0.6) is 11.5 Å². The second kappa shape index (κ2) is 9.82. The van der Waals surface area contributed by atoms with Crippen LogP contribution in [0.4, 0.5) is 17.5 Å². The Kier molecular flexibility index (Phi) is 6.85. The molecular weight excluding hydrogens is 456 g/mol. The van der Waals surface area contributed by atoms with Gasteiger partial charge in [0.2, 0.25) is 10.0 Å². The number of piperazine rings is 1. The Hall–Kier alpha value is -3.44. The van der Waals surface area contributed by atoms with Crippen LogP contribution in [0, 0.1) is 13.8 Å². The van der Waals surface area contributed by atoms with Gasteiger partial charge >= 0.3 is 0 Å². The summed E-state index contributed by atoms with van der Waals surface area (Å²) in [6.07, 6.45) is 1.74. The first-order chi connectivity index (χ1) is 16.3. The predicted octanol–water partition coefficient (Wildman–Crippen LogP) is 2.76. The maximum Gasteiger partial charge on any atom is 0.247 e. The van der Waals surface area contributed by atoms with E-state index in [-0.39, 0.29) is 10.6 Å². The average molecular weight is 485 g/mol. The van der Waals surface area contributed by atoms with Crippen LogP contribution >= 0.6 is 0 Å². The molecule has 0 bridgehead atoms. The van der Waals surface area contributed by atoms with Gasteiger partial charge in [-0.25, -0.2) is 23.4 Å². The Morgan fingerprint density at radius 3 is 2.35 bits per heavy atom. The summed E-state index contributed by atoms with van der Waals surface area (Å²) in [7, 11) is -0.804. The molecule has 1 aromatic carbocycles. The van der Waals surface area contributed by atoms with E-state index in [0.717, 1.165) is 11.4 Å². The maximum atomic E-state index is 13.3. The molecule has 0 atom stereocenters. The predicted molar refractivity (Wildman–Crippen MR) is 130 cm³/mol. The van der Waals surface area contributed by atoms with Crippen molar-refractivity contribution in [2.45, 2.75) is 18.7 Å². The second-order valence-electron chi connectivity index (χ2n) is 7.91. The molecule has 0 saturated carbocycles. The molecule has 1 aliphatic rings. The number of rotatable bonds is 7. The number of hydrogen-bond donors (Lipinski definition) is 1. The van der Waals surface area contributed by atoms with Crippen molar-refractivity contribution in [1.82, 2.24) is 19.3 Å². The van der Waals surface area contributed by atoms with Crippen molar-refractivity contribution in [3.8, 4) is 11.5 Å². The van der Waals surface area contributed by atoms with Gasteiger partial charge in [0.1, 0.15) is 39.7 Å². The monoisotopic (exact) mass is 484 g/mol. The van der Waals surface area contributed by atoms with Crippen molar-refractivity contribution in [2.75, 3.05) is 50.6 Å². The molecule has 1 N–H and O–H groups in total. The number of nitrogens with one attached hydrogen (secondary N) is 1. The fraction of sp³-hybridized carbons (Fsp3) is 0.348. The Labute approximate surface area is 199 Å². The fourth-order valence-corrected chi connectivity index (χ4v) is 5.39. The van der Waals surface area contributed by atoms with E-state index in [4.69, 9.17) is 9.47 Å². The van der Waals surface area contributed by atoms with Gasteiger partial charge in [-0.15, -0.1) is 0 Å². The van der Waals surface area contributed by atoms with Gasteiger partial charge in [-0.1, -0.05) is 0 Å². The summed E-state index contributed by atoms with van der Waals surface area (Å²) in [4.78, 5) is 15.5. The molecular formula is C23H28N6O4S. The van der Waals surface area contributed by atoms with Gasteiger partial charge in [-0.3, -0.25) is 0 Å². The molecule has 10 nitrogen and oxygen atoms in total. The minimum absolute atomic E-state index is 0.0952. The number of methoxy groups -OCH3 is 2. The quantitative estimate of drug-likeness (QED) is 0.541. The molecule has 1 fully saturated rings. The first kappa shape index (κ1) is 23.7. The highest BCUT2D eigenvalue weighted by molar-refractivity contribution is 7.89. The van der Waals surface area contributed by atoms with Crippen LogP contribution in [-0.2, 0) is 10.0 Å². The third-order valence-electron chi connectivity index (χ3n) is 5.55.